The summed E-state index contributed by atoms with van der Waals surface area (Å²) >= 11 is 9.76. The van der Waals surface area contributed by atoms with Crippen molar-refractivity contribution in [2.75, 3.05) is 5.32 Å². The fourth-order valence-electron chi connectivity index (χ4n) is 2.92. The van der Waals surface area contributed by atoms with Crippen molar-refractivity contribution in [3.8, 4) is 11.5 Å². The third-order valence-corrected chi connectivity index (χ3v) is 5.48. The van der Waals surface area contributed by atoms with E-state index in [1.54, 1.807) is 0 Å². The molecule has 4 aromatic rings. The van der Waals surface area contributed by atoms with Crippen LogP contribution >= 0.6 is 27.5 Å². The topological polar surface area (TPSA) is 51.0 Å². The van der Waals surface area contributed by atoms with Crippen LogP contribution in [0.1, 0.15) is 23.1 Å². The van der Waals surface area contributed by atoms with E-state index in [2.05, 4.69) is 37.5 Å². The quantitative estimate of drug-likeness (QED) is 0.366. The Balaban J connectivity index is 1.73. The van der Waals surface area contributed by atoms with Gasteiger partial charge in [0, 0.05) is 20.7 Å². The third kappa shape index (κ3) is 4.11. The first-order valence-electron chi connectivity index (χ1n) is 8.77. The predicted octanol–water partition coefficient (Wildman–Crippen LogP) is 6.66. The first-order valence-corrected chi connectivity index (χ1v) is 9.94. The van der Waals surface area contributed by atoms with Gasteiger partial charge in [0.2, 0.25) is 11.8 Å². The lowest BCUT2D eigenvalue weighted by atomic mass is 10.1. The predicted molar refractivity (Wildman–Crippen MR) is 116 cm³/mol. The normalized spacial score (nSPS) is 12.0. The Labute approximate surface area is 176 Å². The zero-order chi connectivity index (χ0) is 19.5. The highest BCUT2D eigenvalue weighted by Gasteiger charge is 2.22. The summed E-state index contributed by atoms with van der Waals surface area (Å²) in [7, 11) is 0. The summed E-state index contributed by atoms with van der Waals surface area (Å²) in [4.78, 5) is 0. The van der Waals surface area contributed by atoms with Crippen LogP contribution in [0, 0.1) is 6.92 Å². The van der Waals surface area contributed by atoms with Gasteiger partial charge in [0.05, 0.1) is 0 Å². The maximum Gasteiger partial charge on any atom is 0.247 e. The van der Waals surface area contributed by atoms with Crippen LogP contribution in [0.3, 0.4) is 0 Å². The van der Waals surface area contributed by atoms with Gasteiger partial charge in [-0.2, -0.15) is 0 Å². The molecule has 1 atom stereocenters. The number of nitrogens with one attached hydrogen (secondary N) is 1. The standard InChI is InChI=1S/C22H17BrClN3O/c1-14-12-18(10-11-19(14)23)25-20(16-8-5-9-17(24)13-16)22-27-26-21(28-22)15-6-3-2-4-7-15/h2-13,20,25H,1H3/t20-/m1/s1. The molecule has 0 aliphatic rings. The van der Waals surface area contributed by atoms with Crippen LogP contribution < -0.4 is 5.32 Å². The number of hydrogen-bond acceptors (Lipinski definition) is 4. The molecular formula is C22H17BrClN3O. The van der Waals surface area contributed by atoms with Gasteiger partial charge in [0.1, 0.15) is 6.04 Å². The molecule has 140 valence electrons. The highest BCUT2D eigenvalue weighted by Crippen LogP contribution is 2.31. The maximum absolute atomic E-state index is 6.23. The number of nitrogens with zero attached hydrogens (tertiary/aromatic N) is 2. The fourth-order valence-corrected chi connectivity index (χ4v) is 3.37. The van der Waals surface area contributed by atoms with Crippen LogP contribution in [0.5, 0.6) is 0 Å². The van der Waals surface area contributed by atoms with E-state index >= 15 is 0 Å². The minimum absolute atomic E-state index is 0.329. The zero-order valence-electron chi connectivity index (χ0n) is 15.1. The molecule has 0 amide bonds. The van der Waals surface area contributed by atoms with Crippen LogP contribution in [-0.2, 0) is 0 Å². The molecule has 3 aromatic carbocycles. The van der Waals surface area contributed by atoms with Gasteiger partial charge in [-0.25, -0.2) is 0 Å². The number of benzene rings is 3. The molecular weight excluding hydrogens is 438 g/mol. The van der Waals surface area contributed by atoms with E-state index in [1.807, 2.05) is 73.7 Å². The van der Waals surface area contributed by atoms with E-state index < -0.39 is 0 Å². The summed E-state index contributed by atoms with van der Waals surface area (Å²) in [5.41, 5.74) is 3.90. The lowest BCUT2D eigenvalue weighted by Gasteiger charge is -2.18. The minimum atomic E-state index is -0.329. The van der Waals surface area contributed by atoms with Gasteiger partial charge in [0.15, 0.2) is 0 Å². The van der Waals surface area contributed by atoms with Crippen molar-refractivity contribution >= 4 is 33.2 Å². The highest BCUT2D eigenvalue weighted by molar-refractivity contribution is 9.10. The smallest absolute Gasteiger partial charge is 0.247 e. The van der Waals surface area contributed by atoms with Gasteiger partial charge in [-0.15, -0.1) is 10.2 Å². The number of rotatable bonds is 5. The Morgan fingerprint density at radius 3 is 2.54 bits per heavy atom. The Kier molecular flexibility index (Phi) is 5.46. The first-order chi connectivity index (χ1) is 13.6. The molecule has 0 fully saturated rings. The molecule has 0 saturated heterocycles. The van der Waals surface area contributed by atoms with Crippen LogP contribution in [0.2, 0.25) is 5.02 Å². The Bertz CT molecular complexity index is 1100. The third-order valence-electron chi connectivity index (χ3n) is 4.36. The summed E-state index contributed by atoms with van der Waals surface area (Å²) < 4.78 is 7.07. The van der Waals surface area contributed by atoms with Gasteiger partial charge in [-0.1, -0.05) is 57.9 Å². The second-order valence-electron chi connectivity index (χ2n) is 6.41. The molecule has 0 bridgehead atoms. The zero-order valence-corrected chi connectivity index (χ0v) is 17.4. The molecule has 4 rings (SSSR count). The van der Waals surface area contributed by atoms with E-state index in [-0.39, 0.29) is 6.04 Å². The van der Waals surface area contributed by atoms with Crippen molar-refractivity contribution in [1.82, 2.24) is 10.2 Å². The molecule has 0 radical (unpaired) electrons. The molecule has 0 aliphatic heterocycles. The minimum Gasteiger partial charge on any atom is -0.418 e. The van der Waals surface area contributed by atoms with Crippen molar-refractivity contribution in [3.05, 3.63) is 99.3 Å². The molecule has 1 aromatic heterocycles. The SMILES string of the molecule is Cc1cc(N[C@H](c2cccc(Cl)c2)c2nnc(-c3ccccc3)o2)ccc1Br. The molecule has 1 heterocycles. The molecule has 6 heteroatoms. The summed E-state index contributed by atoms with van der Waals surface area (Å²) in [6.07, 6.45) is 0. The molecule has 0 aliphatic carbocycles. The van der Waals surface area contributed by atoms with Crippen molar-refractivity contribution in [2.24, 2.45) is 0 Å². The van der Waals surface area contributed by atoms with Crippen LogP contribution in [0.25, 0.3) is 11.5 Å². The number of halogens is 2. The van der Waals surface area contributed by atoms with E-state index in [4.69, 9.17) is 16.0 Å². The maximum atomic E-state index is 6.23. The lowest BCUT2D eigenvalue weighted by molar-refractivity contribution is 0.494. The molecule has 1 N–H and O–H groups in total. The molecule has 0 saturated carbocycles. The van der Waals surface area contributed by atoms with Gasteiger partial charge >= 0.3 is 0 Å². The van der Waals surface area contributed by atoms with E-state index in [9.17, 15) is 0 Å². The van der Waals surface area contributed by atoms with Crippen molar-refractivity contribution in [2.45, 2.75) is 13.0 Å². The molecule has 0 unspecified atom stereocenters. The lowest BCUT2D eigenvalue weighted by Crippen LogP contribution is -2.13. The average Bonchev–Trinajstić information content (AvgIpc) is 3.19. The second-order valence-corrected chi connectivity index (χ2v) is 7.70. The van der Waals surface area contributed by atoms with Crippen molar-refractivity contribution < 1.29 is 4.42 Å². The first kappa shape index (κ1) is 18.7. The highest BCUT2D eigenvalue weighted by atomic mass is 79.9. The number of anilines is 1. The summed E-state index contributed by atoms with van der Waals surface area (Å²) in [5, 5.41) is 12.7. The number of aromatic nitrogens is 2. The van der Waals surface area contributed by atoms with Crippen LogP contribution in [-0.4, -0.2) is 10.2 Å². The Morgan fingerprint density at radius 2 is 1.79 bits per heavy atom. The number of aryl methyl sites for hydroxylation is 1. The van der Waals surface area contributed by atoms with Gasteiger partial charge in [-0.3, -0.25) is 0 Å². The van der Waals surface area contributed by atoms with E-state index in [0.29, 0.717) is 16.8 Å². The van der Waals surface area contributed by atoms with Crippen LogP contribution in [0.4, 0.5) is 5.69 Å². The van der Waals surface area contributed by atoms with Crippen molar-refractivity contribution in [3.63, 3.8) is 0 Å². The number of hydrogen-bond donors (Lipinski definition) is 1. The van der Waals surface area contributed by atoms with Crippen LogP contribution in [0.15, 0.2) is 81.7 Å². The van der Waals surface area contributed by atoms with Gasteiger partial charge < -0.3 is 9.73 Å². The molecule has 4 nitrogen and oxygen atoms in total. The fraction of sp³-hybridized carbons (Fsp3) is 0.0909. The van der Waals surface area contributed by atoms with Crippen molar-refractivity contribution in [1.29, 1.82) is 0 Å². The monoisotopic (exact) mass is 453 g/mol. The summed E-state index contributed by atoms with van der Waals surface area (Å²) in [6.45, 7) is 2.05. The Hall–Kier alpha value is -2.63. The second kappa shape index (κ2) is 8.17. The molecule has 0 spiro atoms. The van der Waals surface area contributed by atoms with E-state index in [1.165, 1.54) is 0 Å². The van der Waals surface area contributed by atoms with E-state index in [0.717, 1.165) is 26.9 Å². The summed E-state index contributed by atoms with van der Waals surface area (Å²) in [5.74, 6) is 0.957. The molecule has 28 heavy (non-hydrogen) atoms. The largest absolute Gasteiger partial charge is 0.418 e. The Morgan fingerprint density at radius 1 is 0.964 bits per heavy atom. The average molecular weight is 455 g/mol. The van der Waals surface area contributed by atoms with Gasteiger partial charge in [-0.05, 0) is 60.5 Å². The van der Waals surface area contributed by atoms with Gasteiger partial charge in [0.25, 0.3) is 0 Å². The summed E-state index contributed by atoms with van der Waals surface area (Å²) in [6, 6.07) is 23.1.